The number of carbonyl (C=O) groups excluding carboxylic acids is 1. The van der Waals surface area contributed by atoms with Crippen LogP contribution < -0.4 is 0 Å². The first-order chi connectivity index (χ1) is 7.56. The van der Waals surface area contributed by atoms with Crippen molar-refractivity contribution in [2.45, 2.75) is 26.3 Å². The highest BCUT2D eigenvalue weighted by Gasteiger charge is 2.22. The third-order valence-corrected chi connectivity index (χ3v) is 2.84. The first kappa shape index (κ1) is 12.6. The number of hydrogen-bond donors (Lipinski definition) is 1. The molecule has 6 heteroatoms. The van der Waals surface area contributed by atoms with Crippen molar-refractivity contribution < 1.29 is 14.7 Å². The summed E-state index contributed by atoms with van der Waals surface area (Å²) in [4.78, 5) is 28.0. The Hall–Kier alpha value is -1.43. The van der Waals surface area contributed by atoms with E-state index >= 15 is 0 Å². The molecule has 0 saturated carbocycles. The van der Waals surface area contributed by atoms with Crippen LogP contribution in [0.15, 0.2) is 10.9 Å². The smallest absolute Gasteiger partial charge is 0.305 e. The number of hydrogen-bond acceptors (Lipinski definition) is 4. The summed E-state index contributed by atoms with van der Waals surface area (Å²) in [7, 11) is 0. The first-order valence-electron chi connectivity index (χ1n) is 4.97. The lowest BCUT2D eigenvalue weighted by Gasteiger charge is -2.26. The van der Waals surface area contributed by atoms with E-state index in [1.165, 1.54) is 16.2 Å². The van der Waals surface area contributed by atoms with Gasteiger partial charge in [-0.2, -0.15) is 0 Å². The predicted octanol–water partition coefficient (Wildman–Crippen LogP) is 1.47. The fourth-order valence-electron chi connectivity index (χ4n) is 1.48. The van der Waals surface area contributed by atoms with Crippen LogP contribution in [0.1, 0.15) is 30.8 Å². The van der Waals surface area contributed by atoms with E-state index in [1.54, 1.807) is 17.8 Å². The fraction of sp³-hybridized carbons (Fsp3) is 0.500. The van der Waals surface area contributed by atoms with Gasteiger partial charge >= 0.3 is 5.97 Å². The van der Waals surface area contributed by atoms with Crippen LogP contribution in [0.25, 0.3) is 0 Å². The highest BCUT2D eigenvalue weighted by molar-refractivity contribution is 7.07. The van der Waals surface area contributed by atoms with Gasteiger partial charge in [-0.1, -0.05) is 0 Å². The van der Waals surface area contributed by atoms with Crippen molar-refractivity contribution in [1.29, 1.82) is 0 Å². The molecule has 5 nitrogen and oxygen atoms in total. The van der Waals surface area contributed by atoms with Gasteiger partial charge in [-0.15, -0.1) is 11.3 Å². The fourth-order valence-corrected chi connectivity index (χ4v) is 2.01. The Labute approximate surface area is 97.7 Å². The van der Waals surface area contributed by atoms with Gasteiger partial charge in [0.2, 0.25) is 0 Å². The number of amides is 1. The Balaban J connectivity index is 2.74. The largest absolute Gasteiger partial charge is 0.481 e. The van der Waals surface area contributed by atoms with Gasteiger partial charge in [0.1, 0.15) is 5.69 Å². The second-order valence-electron chi connectivity index (χ2n) is 3.41. The molecular formula is C10H14N2O3S. The van der Waals surface area contributed by atoms with Crippen molar-refractivity contribution in [3.8, 4) is 0 Å². The molecule has 1 atom stereocenters. The lowest BCUT2D eigenvalue weighted by molar-refractivity contribution is -0.138. The summed E-state index contributed by atoms with van der Waals surface area (Å²) in [5, 5.41) is 10.4. The van der Waals surface area contributed by atoms with Gasteiger partial charge < -0.3 is 10.0 Å². The van der Waals surface area contributed by atoms with Crippen LogP contribution in [-0.4, -0.2) is 39.5 Å². The standard InChI is InChI=1S/C10H14N2O3S/c1-3-12(7(2)4-9(13)14)10(15)8-5-16-6-11-8/h5-7H,3-4H2,1-2H3,(H,13,14). The molecule has 1 N–H and O–H groups in total. The highest BCUT2D eigenvalue weighted by atomic mass is 32.1. The second-order valence-corrected chi connectivity index (χ2v) is 4.13. The normalized spacial score (nSPS) is 12.1. The second kappa shape index (κ2) is 5.60. The predicted molar refractivity (Wildman–Crippen MR) is 60.5 cm³/mol. The molecule has 0 aliphatic heterocycles. The number of carboxylic acid groups (broad SMARTS) is 1. The van der Waals surface area contributed by atoms with E-state index in [1.807, 2.05) is 6.92 Å². The summed E-state index contributed by atoms with van der Waals surface area (Å²) in [5.41, 5.74) is 1.97. The number of rotatable bonds is 5. The molecule has 1 amide bonds. The number of aliphatic carboxylic acids is 1. The molecule has 0 bridgehead atoms. The Morgan fingerprint density at radius 3 is 2.75 bits per heavy atom. The minimum Gasteiger partial charge on any atom is -0.481 e. The number of nitrogens with zero attached hydrogens (tertiary/aromatic N) is 2. The van der Waals surface area contributed by atoms with Crippen molar-refractivity contribution in [3.63, 3.8) is 0 Å². The SMILES string of the molecule is CCN(C(=O)c1cscn1)C(C)CC(=O)O. The van der Waals surface area contributed by atoms with Gasteiger partial charge in [0.25, 0.3) is 5.91 Å². The zero-order valence-corrected chi connectivity index (χ0v) is 10.0. The van der Waals surface area contributed by atoms with Crippen LogP contribution >= 0.6 is 11.3 Å². The summed E-state index contributed by atoms with van der Waals surface area (Å²) in [6.45, 7) is 4.02. The zero-order chi connectivity index (χ0) is 12.1. The molecule has 1 aromatic rings. The van der Waals surface area contributed by atoms with Crippen LogP contribution in [0.3, 0.4) is 0 Å². The monoisotopic (exact) mass is 242 g/mol. The van der Waals surface area contributed by atoms with E-state index in [0.717, 1.165) is 0 Å². The molecule has 1 heterocycles. The van der Waals surface area contributed by atoms with E-state index in [-0.39, 0.29) is 18.4 Å². The van der Waals surface area contributed by atoms with Crippen molar-refractivity contribution >= 4 is 23.2 Å². The van der Waals surface area contributed by atoms with Crippen molar-refractivity contribution in [1.82, 2.24) is 9.88 Å². The number of carboxylic acids is 1. The lowest BCUT2D eigenvalue weighted by Crippen LogP contribution is -2.39. The first-order valence-corrected chi connectivity index (χ1v) is 5.91. The summed E-state index contributed by atoms with van der Waals surface area (Å²) in [5.74, 6) is -1.12. The van der Waals surface area contributed by atoms with Gasteiger partial charge in [0, 0.05) is 18.0 Å². The molecule has 0 spiro atoms. The maximum absolute atomic E-state index is 11.9. The third-order valence-electron chi connectivity index (χ3n) is 2.26. The molecule has 1 aromatic heterocycles. The minimum absolute atomic E-state index is 0.0519. The van der Waals surface area contributed by atoms with Gasteiger partial charge in [-0.05, 0) is 13.8 Å². The van der Waals surface area contributed by atoms with Crippen molar-refractivity contribution in [3.05, 3.63) is 16.6 Å². The number of carbonyl (C=O) groups is 2. The Morgan fingerprint density at radius 1 is 1.62 bits per heavy atom. The van der Waals surface area contributed by atoms with E-state index in [0.29, 0.717) is 12.2 Å². The molecule has 16 heavy (non-hydrogen) atoms. The van der Waals surface area contributed by atoms with Crippen molar-refractivity contribution in [2.75, 3.05) is 6.54 Å². The summed E-state index contributed by atoms with van der Waals surface area (Å²) < 4.78 is 0. The van der Waals surface area contributed by atoms with Crippen LogP contribution in [0, 0.1) is 0 Å². The summed E-state index contributed by atoms with van der Waals surface area (Å²) in [6, 6.07) is -0.323. The van der Waals surface area contributed by atoms with Crippen LogP contribution in [0.4, 0.5) is 0 Å². The number of thiazole rings is 1. The van der Waals surface area contributed by atoms with E-state index in [9.17, 15) is 9.59 Å². The Morgan fingerprint density at radius 2 is 2.31 bits per heavy atom. The molecule has 0 radical (unpaired) electrons. The maximum atomic E-state index is 11.9. The van der Waals surface area contributed by atoms with E-state index in [2.05, 4.69) is 4.98 Å². The van der Waals surface area contributed by atoms with Gasteiger partial charge in [0.05, 0.1) is 11.9 Å². The molecule has 1 unspecified atom stereocenters. The topological polar surface area (TPSA) is 70.5 Å². The van der Waals surface area contributed by atoms with Crippen LogP contribution in [0.2, 0.25) is 0 Å². The summed E-state index contributed by atoms with van der Waals surface area (Å²) in [6.07, 6.45) is -0.0519. The van der Waals surface area contributed by atoms with Crippen molar-refractivity contribution in [2.24, 2.45) is 0 Å². The molecule has 0 aliphatic carbocycles. The molecule has 0 fully saturated rings. The van der Waals surface area contributed by atoms with E-state index < -0.39 is 5.97 Å². The van der Waals surface area contributed by atoms with E-state index in [4.69, 9.17) is 5.11 Å². The lowest BCUT2D eigenvalue weighted by atomic mass is 10.2. The molecular weight excluding hydrogens is 228 g/mol. The molecule has 0 saturated heterocycles. The zero-order valence-electron chi connectivity index (χ0n) is 9.21. The Kier molecular flexibility index (Phi) is 4.42. The molecule has 0 aromatic carbocycles. The third kappa shape index (κ3) is 3.03. The quantitative estimate of drug-likeness (QED) is 0.848. The van der Waals surface area contributed by atoms with Crippen LogP contribution in [-0.2, 0) is 4.79 Å². The van der Waals surface area contributed by atoms with Gasteiger partial charge in [-0.25, -0.2) is 4.98 Å². The maximum Gasteiger partial charge on any atom is 0.305 e. The average molecular weight is 242 g/mol. The molecule has 1 rings (SSSR count). The van der Waals surface area contributed by atoms with Gasteiger partial charge in [-0.3, -0.25) is 9.59 Å². The summed E-state index contributed by atoms with van der Waals surface area (Å²) >= 11 is 1.35. The van der Waals surface area contributed by atoms with Gasteiger partial charge in [0.15, 0.2) is 0 Å². The number of aromatic nitrogens is 1. The highest BCUT2D eigenvalue weighted by Crippen LogP contribution is 2.11. The molecule has 88 valence electrons. The Bertz CT molecular complexity index is 364. The average Bonchev–Trinajstić information content (AvgIpc) is 2.69. The molecule has 0 aliphatic rings. The van der Waals surface area contributed by atoms with Crippen LogP contribution in [0.5, 0.6) is 0 Å². The minimum atomic E-state index is -0.906.